The molecule has 0 unspecified atom stereocenters. The number of nitrogens with zero attached hydrogens (tertiary/aromatic N) is 2. The highest BCUT2D eigenvalue weighted by molar-refractivity contribution is 5.76. The standard InChI is InChI=1S/C18H11F3N2O2.C2H6.CH4/c19-18(20,21)25-15-7-5-14(6-8-15)17-10-22-9-16(23-17)13-3-1-12(11-24)2-4-13;1-2;/h1-11H;1-2H3;1H4. The molecule has 0 amide bonds. The molecule has 0 N–H and O–H groups in total. The maximum atomic E-state index is 12.2. The van der Waals surface area contributed by atoms with E-state index in [4.69, 9.17) is 0 Å². The second-order valence-electron chi connectivity index (χ2n) is 5.10. The Kier molecular flexibility index (Phi) is 8.31. The number of carbonyl (C=O) groups excluding carboxylic acids is 1. The smallest absolute Gasteiger partial charge is 0.406 e. The molecule has 0 aliphatic heterocycles. The number of hydrogen-bond donors (Lipinski definition) is 0. The Bertz CT molecular complexity index is 877. The maximum Gasteiger partial charge on any atom is 0.573 e. The van der Waals surface area contributed by atoms with Crippen LogP contribution >= 0.6 is 0 Å². The maximum absolute atomic E-state index is 12.2. The average molecular weight is 390 g/mol. The van der Waals surface area contributed by atoms with E-state index in [1.165, 1.54) is 30.5 Å². The Hall–Kier alpha value is -3.22. The van der Waals surface area contributed by atoms with Gasteiger partial charge in [-0.05, 0) is 24.3 Å². The Labute approximate surface area is 162 Å². The van der Waals surface area contributed by atoms with Gasteiger partial charge in [-0.3, -0.25) is 9.78 Å². The minimum atomic E-state index is -4.73. The van der Waals surface area contributed by atoms with Crippen molar-refractivity contribution in [2.75, 3.05) is 0 Å². The molecule has 0 fully saturated rings. The number of benzene rings is 2. The van der Waals surface area contributed by atoms with Gasteiger partial charge in [0.05, 0.1) is 23.8 Å². The first-order chi connectivity index (χ1) is 12.9. The summed E-state index contributed by atoms with van der Waals surface area (Å²) in [4.78, 5) is 19.3. The van der Waals surface area contributed by atoms with Gasteiger partial charge < -0.3 is 4.74 Å². The average Bonchev–Trinajstić information content (AvgIpc) is 2.69. The third-order valence-electron chi connectivity index (χ3n) is 3.36. The van der Waals surface area contributed by atoms with Crippen LogP contribution in [0.15, 0.2) is 60.9 Å². The molecule has 0 radical (unpaired) electrons. The molecule has 148 valence electrons. The van der Waals surface area contributed by atoms with Crippen molar-refractivity contribution in [3.63, 3.8) is 0 Å². The van der Waals surface area contributed by atoms with Gasteiger partial charge in [0.25, 0.3) is 0 Å². The number of halogens is 3. The number of aromatic nitrogens is 2. The molecule has 3 aromatic rings. The monoisotopic (exact) mass is 390 g/mol. The summed E-state index contributed by atoms with van der Waals surface area (Å²) in [5, 5.41) is 0. The van der Waals surface area contributed by atoms with Crippen molar-refractivity contribution < 1.29 is 22.7 Å². The van der Waals surface area contributed by atoms with Crippen LogP contribution in [0.1, 0.15) is 31.6 Å². The van der Waals surface area contributed by atoms with Gasteiger partial charge in [-0.2, -0.15) is 0 Å². The van der Waals surface area contributed by atoms with Crippen LogP contribution in [-0.4, -0.2) is 22.6 Å². The molecule has 0 spiro atoms. The molecular formula is C21H21F3N2O2. The summed E-state index contributed by atoms with van der Waals surface area (Å²) in [5.41, 5.74) is 3.03. The highest BCUT2D eigenvalue weighted by Gasteiger charge is 2.30. The molecule has 7 heteroatoms. The molecule has 28 heavy (non-hydrogen) atoms. The van der Waals surface area contributed by atoms with Crippen LogP contribution in [0.25, 0.3) is 22.5 Å². The molecule has 3 rings (SSSR count). The van der Waals surface area contributed by atoms with E-state index in [-0.39, 0.29) is 13.2 Å². The van der Waals surface area contributed by atoms with Crippen molar-refractivity contribution >= 4 is 6.29 Å². The van der Waals surface area contributed by atoms with E-state index >= 15 is 0 Å². The number of rotatable bonds is 4. The van der Waals surface area contributed by atoms with Gasteiger partial charge in [-0.15, -0.1) is 13.2 Å². The fourth-order valence-electron chi connectivity index (χ4n) is 2.20. The molecule has 0 aliphatic carbocycles. The van der Waals surface area contributed by atoms with E-state index in [9.17, 15) is 18.0 Å². The molecule has 2 aromatic carbocycles. The number of alkyl halides is 3. The van der Waals surface area contributed by atoms with Gasteiger partial charge in [-0.25, -0.2) is 4.98 Å². The van der Waals surface area contributed by atoms with Crippen molar-refractivity contribution in [3.05, 3.63) is 66.5 Å². The van der Waals surface area contributed by atoms with Crippen LogP contribution in [0.2, 0.25) is 0 Å². The molecule has 1 aromatic heterocycles. The first-order valence-corrected chi connectivity index (χ1v) is 8.18. The topological polar surface area (TPSA) is 52.1 Å². The van der Waals surface area contributed by atoms with Crippen molar-refractivity contribution in [2.24, 2.45) is 0 Å². The summed E-state index contributed by atoms with van der Waals surface area (Å²) in [6.07, 6.45) is -0.894. The van der Waals surface area contributed by atoms with Crippen molar-refractivity contribution in [1.29, 1.82) is 0 Å². The van der Waals surface area contributed by atoms with Crippen molar-refractivity contribution in [1.82, 2.24) is 9.97 Å². The van der Waals surface area contributed by atoms with Gasteiger partial charge in [-0.1, -0.05) is 45.5 Å². The van der Waals surface area contributed by atoms with Gasteiger partial charge in [0, 0.05) is 16.7 Å². The lowest BCUT2D eigenvalue weighted by molar-refractivity contribution is -0.274. The Balaban J connectivity index is 0.00000127. The van der Waals surface area contributed by atoms with E-state index in [1.54, 1.807) is 30.5 Å². The summed E-state index contributed by atoms with van der Waals surface area (Å²) < 4.78 is 40.4. The highest BCUT2D eigenvalue weighted by atomic mass is 19.4. The van der Waals surface area contributed by atoms with Crippen LogP contribution in [0.3, 0.4) is 0 Å². The fourth-order valence-corrected chi connectivity index (χ4v) is 2.20. The van der Waals surface area contributed by atoms with Crippen LogP contribution in [0.5, 0.6) is 5.75 Å². The quantitative estimate of drug-likeness (QED) is 0.499. The fraction of sp³-hybridized carbons (Fsp3) is 0.190. The molecule has 1 heterocycles. The number of hydrogen-bond acceptors (Lipinski definition) is 4. The van der Waals surface area contributed by atoms with Gasteiger partial charge >= 0.3 is 6.36 Å². The molecule has 0 bridgehead atoms. The highest BCUT2D eigenvalue weighted by Crippen LogP contribution is 2.26. The number of ether oxygens (including phenoxy) is 1. The summed E-state index contributed by atoms with van der Waals surface area (Å²) >= 11 is 0. The SMILES string of the molecule is C.CC.O=Cc1ccc(-c2cncc(-c3ccc(OC(F)(F)F)cc3)n2)cc1. The van der Waals surface area contributed by atoms with E-state index in [0.717, 1.165) is 11.8 Å². The number of carbonyl (C=O) groups is 1. The summed E-state index contributed by atoms with van der Waals surface area (Å²) in [6.45, 7) is 4.00. The predicted molar refractivity (Wildman–Crippen MR) is 103 cm³/mol. The zero-order valence-corrected chi connectivity index (χ0v) is 14.7. The lowest BCUT2D eigenvalue weighted by Gasteiger charge is -2.09. The van der Waals surface area contributed by atoms with Crippen LogP contribution < -0.4 is 4.74 Å². The molecular weight excluding hydrogens is 369 g/mol. The van der Waals surface area contributed by atoms with Crippen molar-refractivity contribution in [3.8, 4) is 28.3 Å². The molecule has 0 saturated heterocycles. The first-order valence-electron chi connectivity index (χ1n) is 8.18. The molecule has 4 nitrogen and oxygen atoms in total. The zero-order valence-electron chi connectivity index (χ0n) is 14.7. The van der Waals surface area contributed by atoms with Crippen LogP contribution in [-0.2, 0) is 0 Å². The molecule has 0 saturated carbocycles. The summed E-state index contributed by atoms with van der Waals surface area (Å²) in [6, 6.07) is 12.2. The Morgan fingerprint density at radius 3 is 1.75 bits per heavy atom. The Morgan fingerprint density at radius 1 is 0.857 bits per heavy atom. The second-order valence-corrected chi connectivity index (χ2v) is 5.10. The summed E-state index contributed by atoms with van der Waals surface area (Å²) in [7, 11) is 0. The number of aldehydes is 1. The van der Waals surface area contributed by atoms with E-state index in [0.29, 0.717) is 22.5 Å². The van der Waals surface area contributed by atoms with Crippen LogP contribution in [0.4, 0.5) is 13.2 Å². The third kappa shape index (κ3) is 6.19. The third-order valence-corrected chi connectivity index (χ3v) is 3.36. The molecule has 0 atom stereocenters. The lowest BCUT2D eigenvalue weighted by Crippen LogP contribution is -2.16. The predicted octanol–water partition coefficient (Wildman–Crippen LogP) is 6.18. The lowest BCUT2D eigenvalue weighted by atomic mass is 10.1. The van der Waals surface area contributed by atoms with Crippen molar-refractivity contribution in [2.45, 2.75) is 27.6 Å². The van der Waals surface area contributed by atoms with Gasteiger partial charge in [0.1, 0.15) is 12.0 Å². The van der Waals surface area contributed by atoms with E-state index in [2.05, 4.69) is 14.7 Å². The summed E-state index contributed by atoms with van der Waals surface area (Å²) in [5.74, 6) is -0.301. The van der Waals surface area contributed by atoms with E-state index in [1.807, 2.05) is 13.8 Å². The second kappa shape index (κ2) is 10.2. The normalized spacial score (nSPS) is 10.2. The zero-order chi connectivity index (χ0) is 19.9. The largest absolute Gasteiger partial charge is 0.573 e. The Morgan fingerprint density at radius 2 is 1.32 bits per heavy atom. The van der Waals surface area contributed by atoms with Gasteiger partial charge in [0.15, 0.2) is 0 Å². The van der Waals surface area contributed by atoms with Gasteiger partial charge in [0.2, 0.25) is 0 Å². The first kappa shape index (κ1) is 22.8. The van der Waals surface area contributed by atoms with E-state index < -0.39 is 6.36 Å². The minimum absolute atomic E-state index is 0. The van der Waals surface area contributed by atoms with Crippen LogP contribution in [0, 0.1) is 0 Å². The molecule has 0 aliphatic rings. The minimum Gasteiger partial charge on any atom is -0.406 e.